The molecule has 1 aromatic heterocycles. The molecule has 1 aliphatic rings. The Bertz CT molecular complexity index is 337. The summed E-state index contributed by atoms with van der Waals surface area (Å²) in [7, 11) is 0. The Hall–Kier alpha value is -0.870. The first-order chi connectivity index (χ1) is 8.33. The molecule has 2 unspecified atom stereocenters. The van der Waals surface area contributed by atoms with Crippen LogP contribution >= 0.6 is 0 Å². The molecule has 2 atom stereocenters. The highest BCUT2D eigenvalue weighted by molar-refractivity contribution is 5.09. The Labute approximate surface area is 103 Å². The average Bonchev–Trinajstić information content (AvgIpc) is 2.85. The summed E-state index contributed by atoms with van der Waals surface area (Å²) < 4.78 is 7.80. The van der Waals surface area contributed by atoms with Crippen molar-refractivity contribution in [2.45, 2.75) is 51.8 Å². The van der Waals surface area contributed by atoms with E-state index in [0.717, 1.165) is 32.5 Å². The summed E-state index contributed by atoms with van der Waals surface area (Å²) >= 11 is 0. The fourth-order valence-electron chi connectivity index (χ4n) is 2.28. The van der Waals surface area contributed by atoms with Gasteiger partial charge in [0.1, 0.15) is 0 Å². The molecule has 96 valence electrons. The summed E-state index contributed by atoms with van der Waals surface area (Å²) in [5.74, 6) is 0. The van der Waals surface area contributed by atoms with Crippen molar-refractivity contribution in [2.75, 3.05) is 13.2 Å². The molecule has 0 spiro atoms. The molecule has 0 radical (unpaired) electrons. The smallest absolute Gasteiger partial charge is 0.0870 e. The van der Waals surface area contributed by atoms with Gasteiger partial charge >= 0.3 is 0 Å². The summed E-state index contributed by atoms with van der Waals surface area (Å²) in [6, 6.07) is 0.596. The van der Waals surface area contributed by atoms with Crippen molar-refractivity contribution in [3.63, 3.8) is 0 Å². The number of aromatic nitrogens is 2. The minimum atomic E-state index is 0.221. The van der Waals surface area contributed by atoms with Crippen LogP contribution in [0.1, 0.15) is 44.8 Å². The zero-order chi connectivity index (χ0) is 12.1. The van der Waals surface area contributed by atoms with Gasteiger partial charge in [-0.25, -0.2) is 0 Å². The summed E-state index contributed by atoms with van der Waals surface area (Å²) in [6.45, 7) is 7.18. The normalized spacial score (nSPS) is 25.1. The molecule has 0 aromatic carbocycles. The van der Waals surface area contributed by atoms with Crippen LogP contribution < -0.4 is 5.32 Å². The summed E-state index contributed by atoms with van der Waals surface area (Å²) in [6.07, 6.45) is 7.64. The molecular weight excluding hydrogens is 214 g/mol. The lowest BCUT2D eigenvalue weighted by Gasteiger charge is -2.29. The summed E-state index contributed by atoms with van der Waals surface area (Å²) in [5, 5.41) is 7.90. The van der Waals surface area contributed by atoms with Gasteiger partial charge in [-0.15, -0.1) is 0 Å². The number of rotatable bonds is 5. The lowest BCUT2D eigenvalue weighted by atomic mass is 9.99. The molecular formula is C13H23N3O. The molecule has 2 rings (SSSR count). The Morgan fingerprint density at radius 3 is 3.12 bits per heavy atom. The highest BCUT2D eigenvalue weighted by atomic mass is 16.5. The minimum Gasteiger partial charge on any atom is -0.373 e. The van der Waals surface area contributed by atoms with Crippen LogP contribution in [0.3, 0.4) is 0 Å². The van der Waals surface area contributed by atoms with Gasteiger partial charge in [-0.05, 0) is 32.7 Å². The van der Waals surface area contributed by atoms with Gasteiger partial charge in [0.2, 0.25) is 0 Å². The molecule has 17 heavy (non-hydrogen) atoms. The number of ether oxygens (including phenoxy) is 1. The first-order valence-electron chi connectivity index (χ1n) is 6.70. The molecule has 0 bridgehead atoms. The Morgan fingerprint density at radius 1 is 1.53 bits per heavy atom. The third-order valence-corrected chi connectivity index (χ3v) is 3.32. The second-order valence-corrected chi connectivity index (χ2v) is 4.66. The van der Waals surface area contributed by atoms with Crippen LogP contribution in [0.5, 0.6) is 0 Å². The monoisotopic (exact) mass is 237 g/mol. The van der Waals surface area contributed by atoms with E-state index in [0.29, 0.717) is 6.04 Å². The number of nitrogens with one attached hydrogen (secondary N) is 1. The average molecular weight is 237 g/mol. The SMILES string of the molecule is CCCNC1CCOC(c2cnn(CC)c2)C1. The third-order valence-electron chi connectivity index (χ3n) is 3.32. The maximum absolute atomic E-state index is 5.84. The van der Waals surface area contributed by atoms with Gasteiger partial charge in [0.05, 0.1) is 12.3 Å². The fourth-order valence-corrected chi connectivity index (χ4v) is 2.28. The molecule has 0 aliphatic carbocycles. The van der Waals surface area contributed by atoms with Crippen molar-refractivity contribution in [2.24, 2.45) is 0 Å². The lowest BCUT2D eigenvalue weighted by Crippen LogP contribution is -2.36. The van der Waals surface area contributed by atoms with E-state index in [-0.39, 0.29) is 6.10 Å². The molecule has 1 fully saturated rings. The van der Waals surface area contributed by atoms with E-state index >= 15 is 0 Å². The second-order valence-electron chi connectivity index (χ2n) is 4.66. The topological polar surface area (TPSA) is 39.1 Å². The van der Waals surface area contributed by atoms with E-state index in [4.69, 9.17) is 4.74 Å². The van der Waals surface area contributed by atoms with Gasteiger partial charge in [0.25, 0.3) is 0 Å². The van der Waals surface area contributed by atoms with E-state index < -0.39 is 0 Å². The second kappa shape index (κ2) is 6.17. The molecule has 1 aliphatic heterocycles. The first-order valence-corrected chi connectivity index (χ1v) is 6.70. The standard InChI is InChI=1S/C13H23N3O/c1-3-6-14-12-5-7-17-13(8-12)11-9-15-16(4-2)10-11/h9-10,12-14H,3-8H2,1-2H3. The van der Waals surface area contributed by atoms with Crippen LogP contribution in [0.25, 0.3) is 0 Å². The molecule has 2 heterocycles. The van der Waals surface area contributed by atoms with Crippen LogP contribution in [0.4, 0.5) is 0 Å². The highest BCUT2D eigenvalue weighted by Gasteiger charge is 2.24. The predicted octanol–water partition coefficient (Wildman–Crippen LogP) is 2.12. The maximum atomic E-state index is 5.84. The zero-order valence-corrected chi connectivity index (χ0v) is 10.9. The van der Waals surface area contributed by atoms with Crippen molar-refractivity contribution >= 4 is 0 Å². The van der Waals surface area contributed by atoms with E-state index in [9.17, 15) is 0 Å². The molecule has 1 saturated heterocycles. The highest BCUT2D eigenvalue weighted by Crippen LogP contribution is 2.27. The Balaban J connectivity index is 1.92. The van der Waals surface area contributed by atoms with Crippen molar-refractivity contribution in [1.82, 2.24) is 15.1 Å². The molecule has 4 heteroatoms. The summed E-state index contributed by atoms with van der Waals surface area (Å²) in [5.41, 5.74) is 1.22. The van der Waals surface area contributed by atoms with Gasteiger partial charge in [0.15, 0.2) is 0 Å². The van der Waals surface area contributed by atoms with Crippen molar-refractivity contribution < 1.29 is 4.74 Å². The largest absolute Gasteiger partial charge is 0.373 e. The van der Waals surface area contributed by atoms with Crippen LogP contribution in [-0.4, -0.2) is 29.0 Å². The summed E-state index contributed by atoms with van der Waals surface area (Å²) in [4.78, 5) is 0. The number of hydrogen-bond acceptors (Lipinski definition) is 3. The maximum Gasteiger partial charge on any atom is 0.0870 e. The van der Waals surface area contributed by atoms with Gasteiger partial charge < -0.3 is 10.1 Å². The first kappa shape index (κ1) is 12.6. The lowest BCUT2D eigenvalue weighted by molar-refractivity contribution is 0.000309. The van der Waals surface area contributed by atoms with Crippen molar-refractivity contribution in [1.29, 1.82) is 0 Å². The Morgan fingerprint density at radius 2 is 2.41 bits per heavy atom. The van der Waals surface area contributed by atoms with Crippen LogP contribution in [0, 0.1) is 0 Å². The van der Waals surface area contributed by atoms with E-state index in [1.165, 1.54) is 12.0 Å². The Kier molecular flexibility index (Phi) is 4.57. The quantitative estimate of drug-likeness (QED) is 0.852. The molecule has 4 nitrogen and oxygen atoms in total. The molecule has 0 amide bonds. The van der Waals surface area contributed by atoms with E-state index in [1.54, 1.807) is 0 Å². The van der Waals surface area contributed by atoms with Gasteiger partial charge in [-0.2, -0.15) is 5.10 Å². The van der Waals surface area contributed by atoms with Gasteiger partial charge in [0, 0.05) is 31.0 Å². The number of nitrogens with zero attached hydrogens (tertiary/aromatic N) is 2. The van der Waals surface area contributed by atoms with E-state index in [2.05, 4.69) is 30.5 Å². The van der Waals surface area contributed by atoms with Crippen molar-refractivity contribution in [3.05, 3.63) is 18.0 Å². The van der Waals surface area contributed by atoms with Crippen LogP contribution in [0.15, 0.2) is 12.4 Å². The number of hydrogen-bond donors (Lipinski definition) is 1. The van der Waals surface area contributed by atoms with Gasteiger partial charge in [-0.3, -0.25) is 4.68 Å². The van der Waals surface area contributed by atoms with Crippen molar-refractivity contribution in [3.8, 4) is 0 Å². The zero-order valence-electron chi connectivity index (χ0n) is 10.9. The molecule has 0 saturated carbocycles. The third kappa shape index (κ3) is 3.30. The van der Waals surface area contributed by atoms with Gasteiger partial charge in [-0.1, -0.05) is 6.92 Å². The molecule has 1 aromatic rings. The number of aryl methyl sites for hydroxylation is 1. The van der Waals surface area contributed by atoms with Crippen LogP contribution in [-0.2, 0) is 11.3 Å². The fraction of sp³-hybridized carbons (Fsp3) is 0.769. The minimum absolute atomic E-state index is 0.221. The van der Waals surface area contributed by atoms with Crippen LogP contribution in [0.2, 0.25) is 0 Å². The predicted molar refractivity (Wildman–Crippen MR) is 67.9 cm³/mol. The molecule has 1 N–H and O–H groups in total. The van der Waals surface area contributed by atoms with E-state index in [1.807, 2.05) is 10.9 Å².